The zero-order valence-corrected chi connectivity index (χ0v) is 13.2. The predicted octanol–water partition coefficient (Wildman–Crippen LogP) is 2.80. The van der Waals surface area contributed by atoms with Crippen molar-refractivity contribution in [3.05, 3.63) is 34.9 Å². The highest BCUT2D eigenvalue weighted by Gasteiger charge is 2.31. The number of methoxy groups -OCH3 is 1. The quantitative estimate of drug-likeness (QED) is 0.919. The van der Waals surface area contributed by atoms with E-state index in [4.69, 9.17) is 10.5 Å². The Morgan fingerprint density at radius 2 is 1.95 bits per heavy atom. The maximum atomic E-state index is 5.99. The van der Waals surface area contributed by atoms with Gasteiger partial charge in [-0.25, -0.2) is 0 Å². The number of hydrogen-bond donors (Lipinski definition) is 1. The third-order valence-electron chi connectivity index (χ3n) is 4.54. The predicted molar refractivity (Wildman–Crippen MR) is 83.9 cm³/mol. The summed E-state index contributed by atoms with van der Waals surface area (Å²) < 4.78 is 5.51. The van der Waals surface area contributed by atoms with Gasteiger partial charge in [0.25, 0.3) is 0 Å². The van der Waals surface area contributed by atoms with E-state index in [9.17, 15) is 0 Å². The van der Waals surface area contributed by atoms with Crippen molar-refractivity contribution in [3.8, 4) is 0 Å². The van der Waals surface area contributed by atoms with Crippen LogP contribution in [0.25, 0.3) is 0 Å². The normalized spacial score (nSPS) is 25.6. The van der Waals surface area contributed by atoms with Gasteiger partial charge in [0.05, 0.1) is 6.10 Å². The molecule has 2 N–H and O–H groups in total. The van der Waals surface area contributed by atoms with E-state index in [0.717, 1.165) is 19.4 Å². The van der Waals surface area contributed by atoms with Gasteiger partial charge in [0.1, 0.15) is 0 Å². The van der Waals surface area contributed by atoms with Crippen molar-refractivity contribution in [2.45, 2.75) is 51.8 Å². The molecule has 20 heavy (non-hydrogen) atoms. The van der Waals surface area contributed by atoms with Gasteiger partial charge in [-0.15, -0.1) is 0 Å². The average Bonchev–Trinajstić information content (AvgIpc) is 2.44. The molecule has 0 radical (unpaired) electrons. The summed E-state index contributed by atoms with van der Waals surface area (Å²) in [5, 5.41) is 0. The Morgan fingerprint density at radius 1 is 1.30 bits per heavy atom. The molecule has 1 heterocycles. The van der Waals surface area contributed by atoms with Gasteiger partial charge in [-0.1, -0.05) is 29.3 Å². The fourth-order valence-electron chi connectivity index (χ4n) is 3.43. The molecule has 3 atom stereocenters. The molecule has 0 aliphatic carbocycles. The second-order valence-electron chi connectivity index (χ2n) is 6.11. The van der Waals surface area contributed by atoms with Gasteiger partial charge in [0, 0.05) is 32.3 Å². The summed E-state index contributed by atoms with van der Waals surface area (Å²) in [6.45, 7) is 8.40. The van der Waals surface area contributed by atoms with Gasteiger partial charge in [-0.3, -0.25) is 4.90 Å². The number of nitrogens with two attached hydrogens (primary N) is 1. The first kappa shape index (κ1) is 15.5. The van der Waals surface area contributed by atoms with E-state index in [-0.39, 0.29) is 0 Å². The zero-order chi connectivity index (χ0) is 14.7. The van der Waals surface area contributed by atoms with Crippen molar-refractivity contribution in [3.63, 3.8) is 0 Å². The number of aryl methyl sites for hydroxylation is 2. The molecule has 3 nitrogen and oxygen atoms in total. The molecule has 1 fully saturated rings. The lowest BCUT2D eigenvalue weighted by molar-refractivity contribution is -0.00165. The molecular formula is C17H28N2O. The van der Waals surface area contributed by atoms with Crippen LogP contribution < -0.4 is 5.73 Å². The Bertz CT molecular complexity index is 426. The van der Waals surface area contributed by atoms with Crippen molar-refractivity contribution >= 4 is 0 Å². The topological polar surface area (TPSA) is 38.5 Å². The van der Waals surface area contributed by atoms with Crippen molar-refractivity contribution in [2.75, 3.05) is 20.2 Å². The molecule has 0 bridgehead atoms. The lowest BCUT2D eigenvalue weighted by Gasteiger charge is -2.42. The van der Waals surface area contributed by atoms with Crippen molar-refractivity contribution in [1.29, 1.82) is 0 Å². The first-order chi connectivity index (χ1) is 9.55. The highest BCUT2D eigenvalue weighted by molar-refractivity contribution is 5.30. The van der Waals surface area contributed by atoms with Crippen LogP contribution in [-0.4, -0.2) is 37.2 Å². The van der Waals surface area contributed by atoms with E-state index in [1.54, 1.807) is 7.11 Å². The maximum absolute atomic E-state index is 5.99. The summed E-state index contributed by atoms with van der Waals surface area (Å²) >= 11 is 0. The SMILES string of the molecule is COC1CCN(C(C)c2cc(C)cc(C)c2)C(CN)C1. The number of nitrogens with zero attached hydrogens (tertiary/aromatic N) is 1. The monoisotopic (exact) mass is 276 g/mol. The summed E-state index contributed by atoms with van der Waals surface area (Å²) in [6.07, 6.45) is 2.51. The molecule has 2 rings (SSSR count). The van der Waals surface area contributed by atoms with Crippen LogP contribution in [0.4, 0.5) is 0 Å². The zero-order valence-electron chi connectivity index (χ0n) is 13.2. The van der Waals surface area contributed by atoms with Crippen molar-refractivity contribution in [2.24, 2.45) is 5.73 Å². The van der Waals surface area contributed by atoms with Gasteiger partial charge in [-0.2, -0.15) is 0 Å². The van der Waals surface area contributed by atoms with E-state index in [0.29, 0.717) is 24.7 Å². The number of rotatable bonds is 4. The summed E-state index contributed by atoms with van der Waals surface area (Å²) in [5.41, 5.74) is 10.1. The number of benzene rings is 1. The molecule has 0 amide bonds. The van der Waals surface area contributed by atoms with E-state index >= 15 is 0 Å². The summed E-state index contributed by atoms with van der Waals surface area (Å²) in [5.74, 6) is 0. The minimum Gasteiger partial charge on any atom is -0.381 e. The Morgan fingerprint density at radius 3 is 2.50 bits per heavy atom. The molecule has 1 aromatic rings. The van der Waals surface area contributed by atoms with Crippen LogP contribution in [0.15, 0.2) is 18.2 Å². The molecule has 1 saturated heterocycles. The van der Waals surface area contributed by atoms with Crippen molar-refractivity contribution < 1.29 is 4.74 Å². The van der Waals surface area contributed by atoms with Gasteiger partial charge >= 0.3 is 0 Å². The fourth-order valence-corrected chi connectivity index (χ4v) is 3.43. The van der Waals surface area contributed by atoms with Crippen LogP contribution >= 0.6 is 0 Å². The molecule has 0 saturated carbocycles. The Labute approximate surface area is 123 Å². The fraction of sp³-hybridized carbons (Fsp3) is 0.647. The van der Waals surface area contributed by atoms with Gasteiger partial charge in [0.15, 0.2) is 0 Å². The van der Waals surface area contributed by atoms with E-state index < -0.39 is 0 Å². The van der Waals surface area contributed by atoms with Crippen LogP contribution in [0.5, 0.6) is 0 Å². The van der Waals surface area contributed by atoms with Gasteiger partial charge in [-0.05, 0) is 39.2 Å². The number of piperidine rings is 1. The van der Waals surface area contributed by atoms with Crippen LogP contribution in [0, 0.1) is 13.8 Å². The van der Waals surface area contributed by atoms with Crippen LogP contribution in [0.2, 0.25) is 0 Å². The summed E-state index contributed by atoms with van der Waals surface area (Å²) in [4.78, 5) is 2.55. The van der Waals surface area contributed by atoms with Crippen LogP contribution in [-0.2, 0) is 4.74 Å². The molecule has 3 heteroatoms. The van der Waals surface area contributed by atoms with Crippen LogP contribution in [0.1, 0.15) is 42.5 Å². The first-order valence-corrected chi connectivity index (χ1v) is 7.62. The second-order valence-corrected chi connectivity index (χ2v) is 6.11. The van der Waals surface area contributed by atoms with Gasteiger partial charge in [0.2, 0.25) is 0 Å². The lowest BCUT2D eigenvalue weighted by Crippen LogP contribution is -2.49. The first-order valence-electron chi connectivity index (χ1n) is 7.62. The molecule has 1 aliphatic heterocycles. The highest BCUT2D eigenvalue weighted by atomic mass is 16.5. The van der Waals surface area contributed by atoms with E-state index in [1.165, 1.54) is 16.7 Å². The van der Waals surface area contributed by atoms with Crippen LogP contribution in [0.3, 0.4) is 0 Å². The standard InChI is InChI=1S/C17H28N2O/c1-12-7-13(2)9-15(8-12)14(3)19-6-5-17(20-4)10-16(19)11-18/h7-9,14,16-17H,5-6,10-11,18H2,1-4H3. The highest BCUT2D eigenvalue weighted by Crippen LogP contribution is 2.29. The number of likely N-dealkylation sites (tertiary alicyclic amines) is 1. The molecule has 0 aromatic heterocycles. The van der Waals surface area contributed by atoms with Gasteiger partial charge < -0.3 is 10.5 Å². The minimum absolute atomic E-state index is 0.367. The summed E-state index contributed by atoms with van der Waals surface area (Å²) in [6, 6.07) is 7.67. The molecule has 112 valence electrons. The average molecular weight is 276 g/mol. The largest absolute Gasteiger partial charge is 0.381 e. The third-order valence-corrected chi connectivity index (χ3v) is 4.54. The number of hydrogen-bond acceptors (Lipinski definition) is 3. The van der Waals surface area contributed by atoms with E-state index in [1.807, 2.05) is 0 Å². The Hall–Kier alpha value is -0.900. The molecular weight excluding hydrogens is 248 g/mol. The Kier molecular flexibility index (Phi) is 5.19. The molecule has 1 aliphatic rings. The maximum Gasteiger partial charge on any atom is 0.0599 e. The van der Waals surface area contributed by atoms with E-state index in [2.05, 4.69) is 43.9 Å². The minimum atomic E-state index is 0.367. The lowest BCUT2D eigenvalue weighted by atomic mass is 9.94. The second kappa shape index (κ2) is 6.70. The molecule has 3 unspecified atom stereocenters. The smallest absolute Gasteiger partial charge is 0.0599 e. The third kappa shape index (κ3) is 3.40. The van der Waals surface area contributed by atoms with Crippen molar-refractivity contribution in [1.82, 2.24) is 4.90 Å². The summed E-state index contributed by atoms with van der Waals surface area (Å²) in [7, 11) is 1.81. The molecule has 0 spiro atoms. The Balaban J connectivity index is 2.16. The molecule has 1 aromatic carbocycles. The number of ether oxygens (including phenoxy) is 1.